The molecule has 1 spiro atoms. The van der Waals surface area contributed by atoms with E-state index in [4.69, 9.17) is 4.74 Å². The van der Waals surface area contributed by atoms with Crippen LogP contribution in [0.5, 0.6) is 0 Å². The summed E-state index contributed by atoms with van der Waals surface area (Å²) in [6, 6.07) is 17.2. The van der Waals surface area contributed by atoms with Crippen LogP contribution in [0.3, 0.4) is 0 Å². The maximum Gasteiger partial charge on any atom is 0.410 e. The number of ether oxygens (including phenoxy) is 1. The summed E-state index contributed by atoms with van der Waals surface area (Å²) in [4.78, 5) is 16.6. The van der Waals surface area contributed by atoms with Crippen molar-refractivity contribution in [3.63, 3.8) is 0 Å². The van der Waals surface area contributed by atoms with Crippen molar-refractivity contribution < 1.29 is 14.6 Å². The lowest BCUT2D eigenvalue weighted by molar-refractivity contribution is 0.0260. The minimum absolute atomic E-state index is 0.160. The van der Waals surface area contributed by atoms with Crippen molar-refractivity contribution >= 4 is 6.09 Å². The van der Waals surface area contributed by atoms with Gasteiger partial charge in [0.05, 0.1) is 12.6 Å². The van der Waals surface area contributed by atoms with E-state index >= 15 is 0 Å². The van der Waals surface area contributed by atoms with Crippen LogP contribution < -0.4 is 0 Å². The van der Waals surface area contributed by atoms with Gasteiger partial charge in [-0.15, -0.1) is 0 Å². The SMILES string of the molecule is O=C1OC2(CCCCC2)CN1Cc1ccc(-c2ccc(CN3CCC(O)C3)cc2)cc1. The first-order valence-electron chi connectivity index (χ1n) is 11.7. The van der Waals surface area contributed by atoms with Gasteiger partial charge in [-0.25, -0.2) is 4.79 Å². The monoisotopic (exact) mass is 420 g/mol. The lowest BCUT2D eigenvalue weighted by Gasteiger charge is -2.30. The summed E-state index contributed by atoms with van der Waals surface area (Å²) in [5.74, 6) is 0. The second-order valence-corrected chi connectivity index (χ2v) is 9.54. The molecule has 1 atom stereocenters. The molecule has 2 aromatic carbocycles. The Labute approximate surface area is 184 Å². The van der Waals surface area contributed by atoms with Crippen LogP contribution in [0.1, 0.15) is 49.7 Å². The van der Waals surface area contributed by atoms with Gasteiger partial charge >= 0.3 is 6.09 Å². The summed E-state index contributed by atoms with van der Waals surface area (Å²) in [5, 5.41) is 9.69. The topological polar surface area (TPSA) is 53.0 Å². The highest BCUT2D eigenvalue weighted by atomic mass is 16.6. The molecule has 0 bridgehead atoms. The fourth-order valence-corrected chi connectivity index (χ4v) is 5.31. The van der Waals surface area contributed by atoms with E-state index in [0.717, 1.165) is 63.8 Å². The fraction of sp³-hybridized carbons (Fsp3) is 0.500. The van der Waals surface area contributed by atoms with Crippen molar-refractivity contribution in [1.82, 2.24) is 9.80 Å². The highest BCUT2D eigenvalue weighted by Gasteiger charge is 2.45. The standard InChI is InChI=1S/C26H32N2O3/c29-24-12-15-27(18-24)16-20-4-8-22(9-5-20)23-10-6-21(7-11-23)17-28-19-26(31-25(28)30)13-2-1-3-14-26/h4-11,24,29H,1-3,12-19H2. The molecule has 1 saturated carbocycles. The number of carbonyl (C=O) groups is 1. The summed E-state index contributed by atoms with van der Waals surface area (Å²) in [6.45, 7) is 3.97. The Morgan fingerprint density at radius 1 is 0.903 bits per heavy atom. The molecule has 3 aliphatic rings. The van der Waals surface area contributed by atoms with E-state index in [2.05, 4.69) is 53.4 Å². The molecule has 2 saturated heterocycles. The van der Waals surface area contributed by atoms with Gasteiger partial charge in [-0.3, -0.25) is 9.80 Å². The second kappa shape index (κ2) is 8.64. The number of hydrogen-bond donors (Lipinski definition) is 1. The van der Waals surface area contributed by atoms with Gasteiger partial charge in [-0.1, -0.05) is 55.0 Å². The molecule has 2 aliphatic heterocycles. The summed E-state index contributed by atoms with van der Waals surface area (Å²) >= 11 is 0. The molecular weight excluding hydrogens is 388 g/mol. The van der Waals surface area contributed by atoms with E-state index in [-0.39, 0.29) is 17.8 Å². The van der Waals surface area contributed by atoms with Gasteiger partial charge in [0, 0.05) is 26.2 Å². The Morgan fingerprint density at radius 3 is 2.10 bits per heavy atom. The van der Waals surface area contributed by atoms with Gasteiger partial charge in [-0.05, 0) is 54.4 Å². The first-order valence-corrected chi connectivity index (χ1v) is 11.7. The van der Waals surface area contributed by atoms with Crippen molar-refractivity contribution in [3.05, 3.63) is 59.7 Å². The quantitative estimate of drug-likeness (QED) is 0.770. The third kappa shape index (κ3) is 4.63. The average Bonchev–Trinajstić information content (AvgIpc) is 3.32. The number of benzene rings is 2. The van der Waals surface area contributed by atoms with Crippen LogP contribution in [0.2, 0.25) is 0 Å². The summed E-state index contributed by atoms with van der Waals surface area (Å²) in [6.07, 6.45) is 6.12. The maximum atomic E-state index is 12.4. The molecule has 0 aromatic heterocycles. The van der Waals surface area contributed by atoms with Gasteiger partial charge in [0.15, 0.2) is 0 Å². The number of aliphatic hydroxyl groups is 1. The molecule has 5 heteroatoms. The number of rotatable bonds is 5. The molecule has 31 heavy (non-hydrogen) atoms. The van der Waals surface area contributed by atoms with Crippen LogP contribution >= 0.6 is 0 Å². The van der Waals surface area contributed by atoms with Gasteiger partial charge in [-0.2, -0.15) is 0 Å². The van der Waals surface area contributed by atoms with Crippen molar-refractivity contribution in [2.75, 3.05) is 19.6 Å². The van der Waals surface area contributed by atoms with Crippen LogP contribution in [0.25, 0.3) is 11.1 Å². The number of hydrogen-bond acceptors (Lipinski definition) is 4. The van der Waals surface area contributed by atoms with Gasteiger partial charge in [0.1, 0.15) is 5.60 Å². The molecule has 1 aliphatic carbocycles. The van der Waals surface area contributed by atoms with Crippen molar-refractivity contribution in [1.29, 1.82) is 0 Å². The summed E-state index contributed by atoms with van der Waals surface area (Å²) < 4.78 is 5.80. The lowest BCUT2D eigenvalue weighted by Crippen LogP contribution is -2.36. The number of nitrogens with zero attached hydrogens (tertiary/aromatic N) is 2. The molecular formula is C26H32N2O3. The molecule has 5 nitrogen and oxygen atoms in total. The van der Waals surface area contributed by atoms with Crippen LogP contribution in [0, 0.1) is 0 Å². The highest BCUT2D eigenvalue weighted by Crippen LogP contribution is 2.37. The van der Waals surface area contributed by atoms with Gasteiger partial charge in [0.25, 0.3) is 0 Å². The number of likely N-dealkylation sites (tertiary alicyclic amines) is 1. The molecule has 164 valence electrons. The molecule has 1 unspecified atom stereocenters. The Morgan fingerprint density at radius 2 is 1.52 bits per heavy atom. The van der Waals surface area contributed by atoms with E-state index in [1.54, 1.807) is 0 Å². The van der Waals surface area contributed by atoms with Crippen molar-refractivity contribution in [2.24, 2.45) is 0 Å². The van der Waals surface area contributed by atoms with Crippen molar-refractivity contribution in [2.45, 2.75) is 63.3 Å². The van der Waals surface area contributed by atoms with E-state index in [1.807, 2.05) is 4.90 Å². The normalized spacial score (nSPS) is 23.5. The lowest BCUT2D eigenvalue weighted by atomic mass is 9.85. The van der Waals surface area contributed by atoms with E-state index in [0.29, 0.717) is 6.54 Å². The molecule has 0 radical (unpaired) electrons. The third-order valence-electron chi connectivity index (χ3n) is 7.07. The van der Waals surface area contributed by atoms with Gasteiger partial charge < -0.3 is 9.84 Å². The number of β-amino-alcohol motifs (C(OH)–C–C–N with tert-alkyl or cyclic N) is 1. The molecule has 1 amide bonds. The Balaban J connectivity index is 1.19. The maximum absolute atomic E-state index is 12.4. The fourth-order valence-electron chi connectivity index (χ4n) is 5.31. The van der Waals surface area contributed by atoms with Gasteiger partial charge in [0.2, 0.25) is 0 Å². The van der Waals surface area contributed by atoms with Crippen LogP contribution in [-0.2, 0) is 17.8 Å². The molecule has 2 aromatic rings. The average molecular weight is 421 g/mol. The van der Waals surface area contributed by atoms with E-state index in [9.17, 15) is 9.90 Å². The molecule has 3 fully saturated rings. The number of amides is 1. The Bertz CT molecular complexity index is 903. The van der Waals surface area contributed by atoms with E-state index in [1.165, 1.54) is 23.1 Å². The number of aliphatic hydroxyl groups excluding tert-OH is 1. The molecule has 1 N–H and O–H groups in total. The summed E-state index contributed by atoms with van der Waals surface area (Å²) in [7, 11) is 0. The van der Waals surface area contributed by atoms with Crippen LogP contribution in [0.4, 0.5) is 4.79 Å². The minimum Gasteiger partial charge on any atom is -0.441 e. The molecule has 2 heterocycles. The Hall–Kier alpha value is -2.37. The first-order chi connectivity index (χ1) is 15.1. The Kier molecular flexibility index (Phi) is 5.72. The predicted octanol–water partition coefficient (Wildman–Crippen LogP) is 4.58. The zero-order chi connectivity index (χ0) is 21.3. The second-order valence-electron chi connectivity index (χ2n) is 9.54. The largest absolute Gasteiger partial charge is 0.441 e. The number of carbonyl (C=O) groups excluding carboxylic acids is 1. The van der Waals surface area contributed by atoms with E-state index < -0.39 is 0 Å². The minimum atomic E-state index is -0.232. The predicted molar refractivity (Wildman–Crippen MR) is 120 cm³/mol. The highest BCUT2D eigenvalue weighted by molar-refractivity contribution is 5.71. The summed E-state index contributed by atoms with van der Waals surface area (Å²) in [5.41, 5.74) is 4.55. The molecule has 5 rings (SSSR count). The van der Waals surface area contributed by atoms with Crippen molar-refractivity contribution in [3.8, 4) is 11.1 Å². The van der Waals surface area contributed by atoms with Crippen LogP contribution in [0.15, 0.2) is 48.5 Å². The zero-order valence-electron chi connectivity index (χ0n) is 18.1. The smallest absolute Gasteiger partial charge is 0.410 e. The third-order valence-corrected chi connectivity index (χ3v) is 7.07. The van der Waals surface area contributed by atoms with Crippen LogP contribution in [-0.4, -0.2) is 52.3 Å². The zero-order valence-corrected chi connectivity index (χ0v) is 18.1. The first kappa shape index (κ1) is 20.5.